The molecule has 3 atom stereocenters. The Morgan fingerprint density at radius 3 is 2.49 bits per heavy atom. The van der Waals surface area contributed by atoms with Crippen LogP contribution in [-0.4, -0.2) is 53.4 Å². The van der Waals surface area contributed by atoms with Crippen LogP contribution in [0, 0.1) is 17.7 Å². The number of para-hydroxylation sites is 1. The largest absolute Gasteiger partial charge is 0.454 e. The van der Waals surface area contributed by atoms with Gasteiger partial charge in [-0.3, -0.25) is 9.59 Å². The number of carbonyl (C=O) groups excluding carboxylic acids is 3. The molecule has 2 heterocycles. The van der Waals surface area contributed by atoms with Crippen LogP contribution in [0.1, 0.15) is 36.2 Å². The van der Waals surface area contributed by atoms with Gasteiger partial charge in [0.1, 0.15) is 11.9 Å². The lowest BCUT2D eigenvalue weighted by molar-refractivity contribution is -0.154. The number of aromatic amines is 1. The van der Waals surface area contributed by atoms with Gasteiger partial charge in [0.05, 0.1) is 0 Å². The molecule has 1 aliphatic rings. The number of amides is 2. The highest BCUT2D eigenvalue weighted by Crippen LogP contribution is 2.22. The smallest absolute Gasteiger partial charge is 0.329 e. The fourth-order valence-corrected chi connectivity index (χ4v) is 4.75. The lowest BCUT2D eigenvalue weighted by Gasteiger charge is -2.34. The molecule has 0 saturated carbocycles. The van der Waals surface area contributed by atoms with E-state index in [-0.39, 0.29) is 24.5 Å². The average Bonchev–Trinajstić information content (AvgIpc) is 3.24. The summed E-state index contributed by atoms with van der Waals surface area (Å²) >= 11 is 0. The van der Waals surface area contributed by atoms with Crippen LogP contribution in [-0.2, 0) is 20.7 Å². The number of carbonyl (C=O) groups is 3. The SMILES string of the molecule is C[C@@H]1C[C@H](C)CN(C(=O)COC(=O)[C@H](Cc2c[nH]c3ccccc23)NC(=O)c2ccc(F)cc2)C1. The number of nitrogens with one attached hydrogen (secondary N) is 2. The monoisotopic (exact) mass is 479 g/mol. The number of H-pyrrole nitrogens is 1. The summed E-state index contributed by atoms with van der Waals surface area (Å²) in [5.41, 5.74) is 1.95. The molecule has 1 aromatic heterocycles. The molecule has 1 aliphatic heterocycles. The standard InChI is InChI=1S/C27H30FN3O4/c1-17-11-18(2)15-31(14-17)25(32)16-35-27(34)24(30-26(33)19-7-9-21(28)10-8-19)12-20-13-29-23-6-4-3-5-22(20)23/h3-10,13,17-18,24,29H,11-12,14-16H2,1-2H3,(H,30,33)/t17-,18+,24-/m0/s1. The summed E-state index contributed by atoms with van der Waals surface area (Å²) in [6, 6.07) is 11.7. The number of hydrogen-bond acceptors (Lipinski definition) is 4. The minimum absolute atomic E-state index is 0.168. The second-order valence-electron chi connectivity index (χ2n) is 9.45. The highest BCUT2D eigenvalue weighted by Gasteiger charge is 2.29. The van der Waals surface area contributed by atoms with Crippen LogP contribution < -0.4 is 5.32 Å². The maximum Gasteiger partial charge on any atom is 0.329 e. The summed E-state index contributed by atoms with van der Waals surface area (Å²) in [6.45, 7) is 5.10. The van der Waals surface area contributed by atoms with Crippen molar-refractivity contribution in [2.75, 3.05) is 19.7 Å². The summed E-state index contributed by atoms with van der Waals surface area (Å²) < 4.78 is 18.7. The summed E-state index contributed by atoms with van der Waals surface area (Å²) in [5, 5.41) is 3.62. The van der Waals surface area contributed by atoms with E-state index < -0.39 is 23.7 Å². The van der Waals surface area contributed by atoms with Gasteiger partial charge in [-0.1, -0.05) is 32.0 Å². The minimum atomic E-state index is -1.03. The van der Waals surface area contributed by atoms with Gasteiger partial charge in [0.2, 0.25) is 0 Å². The quantitative estimate of drug-likeness (QED) is 0.506. The van der Waals surface area contributed by atoms with Crippen molar-refractivity contribution >= 4 is 28.7 Å². The number of likely N-dealkylation sites (tertiary alicyclic amines) is 1. The van der Waals surface area contributed by atoms with Crippen molar-refractivity contribution in [3.63, 3.8) is 0 Å². The summed E-state index contributed by atoms with van der Waals surface area (Å²) in [4.78, 5) is 43.5. The Labute approximate surface area is 203 Å². The van der Waals surface area contributed by atoms with Gasteiger partial charge < -0.3 is 19.9 Å². The lowest BCUT2D eigenvalue weighted by Crippen LogP contribution is -2.47. The Morgan fingerprint density at radius 1 is 1.09 bits per heavy atom. The van der Waals surface area contributed by atoms with Gasteiger partial charge in [-0.2, -0.15) is 0 Å². The first-order chi connectivity index (χ1) is 16.8. The minimum Gasteiger partial charge on any atom is -0.454 e. The molecule has 35 heavy (non-hydrogen) atoms. The van der Waals surface area contributed by atoms with Crippen molar-refractivity contribution in [2.45, 2.75) is 32.7 Å². The van der Waals surface area contributed by atoms with Gasteiger partial charge in [0, 0.05) is 42.2 Å². The zero-order valence-corrected chi connectivity index (χ0v) is 19.9. The van der Waals surface area contributed by atoms with Crippen LogP contribution in [0.15, 0.2) is 54.7 Å². The van der Waals surface area contributed by atoms with Gasteiger partial charge >= 0.3 is 5.97 Å². The number of ether oxygens (including phenoxy) is 1. The molecule has 1 fully saturated rings. The Balaban J connectivity index is 1.47. The van der Waals surface area contributed by atoms with Gasteiger partial charge in [-0.25, -0.2) is 9.18 Å². The van der Waals surface area contributed by atoms with Gasteiger partial charge in [-0.15, -0.1) is 0 Å². The molecule has 4 rings (SSSR count). The predicted octanol–water partition coefficient (Wildman–Crippen LogP) is 3.70. The highest BCUT2D eigenvalue weighted by atomic mass is 19.1. The van der Waals surface area contributed by atoms with Crippen molar-refractivity contribution in [1.82, 2.24) is 15.2 Å². The predicted molar refractivity (Wildman–Crippen MR) is 130 cm³/mol. The van der Waals surface area contributed by atoms with Crippen molar-refractivity contribution in [1.29, 1.82) is 0 Å². The molecular formula is C27H30FN3O4. The van der Waals surface area contributed by atoms with E-state index in [0.717, 1.165) is 22.9 Å². The summed E-state index contributed by atoms with van der Waals surface area (Å²) in [6.07, 6.45) is 3.02. The first kappa shape index (κ1) is 24.4. The molecule has 0 bridgehead atoms. The molecule has 8 heteroatoms. The molecule has 0 aliphatic carbocycles. The second-order valence-corrected chi connectivity index (χ2v) is 9.45. The van der Waals surface area contributed by atoms with Gasteiger partial charge in [0.15, 0.2) is 6.61 Å². The number of piperidine rings is 1. The second kappa shape index (κ2) is 10.7. The average molecular weight is 480 g/mol. The van der Waals surface area contributed by atoms with E-state index in [0.29, 0.717) is 24.9 Å². The number of aromatic nitrogens is 1. The number of hydrogen-bond donors (Lipinski definition) is 2. The Kier molecular flexibility index (Phi) is 7.48. The Bertz CT molecular complexity index is 1200. The van der Waals surface area contributed by atoms with Crippen LogP contribution in [0.4, 0.5) is 4.39 Å². The number of halogens is 1. The lowest BCUT2D eigenvalue weighted by atomic mass is 9.92. The Morgan fingerprint density at radius 2 is 1.77 bits per heavy atom. The highest BCUT2D eigenvalue weighted by molar-refractivity contribution is 5.97. The van der Waals surface area contributed by atoms with Gasteiger partial charge in [0.25, 0.3) is 11.8 Å². The molecular weight excluding hydrogens is 449 g/mol. The fraction of sp³-hybridized carbons (Fsp3) is 0.370. The van der Waals surface area contributed by atoms with Gasteiger partial charge in [-0.05, 0) is 54.2 Å². The van der Waals surface area contributed by atoms with Crippen LogP contribution >= 0.6 is 0 Å². The van der Waals surface area contributed by atoms with Crippen molar-refractivity contribution in [3.8, 4) is 0 Å². The van der Waals surface area contributed by atoms with E-state index in [1.54, 1.807) is 11.1 Å². The molecule has 1 saturated heterocycles. The molecule has 7 nitrogen and oxygen atoms in total. The third kappa shape index (κ3) is 6.07. The third-order valence-electron chi connectivity index (χ3n) is 6.35. The summed E-state index contributed by atoms with van der Waals surface area (Å²) in [5.74, 6) is -1.15. The van der Waals surface area contributed by atoms with Crippen molar-refractivity contribution in [3.05, 3.63) is 71.7 Å². The van der Waals surface area contributed by atoms with Crippen LogP contribution in [0.3, 0.4) is 0 Å². The molecule has 2 aromatic carbocycles. The maximum atomic E-state index is 13.3. The first-order valence-corrected chi connectivity index (χ1v) is 11.9. The van der Waals surface area contributed by atoms with Crippen LogP contribution in [0.2, 0.25) is 0 Å². The molecule has 0 unspecified atom stereocenters. The topological polar surface area (TPSA) is 91.5 Å². The number of fused-ring (bicyclic) bond motifs is 1. The molecule has 184 valence electrons. The van der Waals surface area contributed by atoms with E-state index in [4.69, 9.17) is 4.74 Å². The van der Waals surface area contributed by atoms with E-state index in [9.17, 15) is 18.8 Å². The van der Waals surface area contributed by atoms with E-state index in [1.165, 1.54) is 24.3 Å². The van der Waals surface area contributed by atoms with Crippen LogP contribution in [0.5, 0.6) is 0 Å². The molecule has 3 aromatic rings. The van der Waals surface area contributed by atoms with Crippen LogP contribution in [0.25, 0.3) is 10.9 Å². The zero-order valence-electron chi connectivity index (χ0n) is 19.9. The number of rotatable bonds is 7. The first-order valence-electron chi connectivity index (χ1n) is 11.9. The Hall–Kier alpha value is -3.68. The zero-order chi connectivity index (χ0) is 24.9. The normalized spacial score (nSPS) is 18.8. The molecule has 0 radical (unpaired) electrons. The van der Waals surface area contributed by atoms with E-state index in [2.05, 4.69) is 24.1 Å². The van der Waals surface area contributed by atoms with E-state index >= 15 is 0 Å². The third-order valence-corrected chi connectivity index (χ3v) is 6.35. The molecule has 2 amide bonds. The van der Waals surface area contributed by atoms with Crippen molar-refractivity contribution in [2.24, 2.45) is 11.8 Å². The number of nitrogens with zero attached hydrogens (tertiary/aromatic N) is 1. The maximum absolute atomic E-state index is 13.3. The van der Waals surface area contributed by atoms with Crippen molar-refractivity contribution < 1.29 is 23.5 Å². The summed E-state index contributed by atoms with van der Waals surface area (Å²) in [7, 11) is 0. The van der Waals surface area contributed by atoms with E-state index in [1.807, 2.05) is 24.3 Å². The fourth-order valence-electron chi connectivity index (χ4n) is 4.75. The molecule has 2 N–H and O–H groups in total. The number of benzene rings is 2. The molecule has 0 spiro atoms. The number of esters is 1.